The van der Waals surface area contributed by atoms with Crippen LogP contribution in [0.3, 0.4) is 0 Å². The highest BCUT2D eigenvalue weighted by molar-refractivity contribution is 6.31. The molecule has 3 aromatic rings. The Bertz CT molecular complexity index is 900. The van der Waals surface area contributed by atoms with Crippen molar-refractivity contribution in [3.63, 3.8) is 0 Å². The van der Waals surface area contributed by atoms with Gasteiger partial charge >= 0.3 is 0 Å². The van der Waals surface area contributed by atoms with Crippen LogP contribution in [0.15, 0.2) is 42.7 Å². The average molecular weight is 331 g/mol. The first-order chi connectivity index (χ1) is 11.0. The van der Waals surface area contributed by atoms with Crippen molar-refractivity contribution in [3.8, 4) is 0 Å². The lowest BCUT2D eigenvalue weighted by Gasteiger charge is -2.10. The van der Waals surface area contributed by atoms with Crippen molar-refractivity contribution >= 4 is 45.6 Å². The van der Waals surface area contributed by atoms with Crippen LogP contribution in [0.5, 0.6) is 0 Å². The van der Waals surface area contributed by atoms with Gasteiger partial charge in [0.1, 0.15) is 18.0 Å². The van der Waals surface area contributed by atoms with Crippen molar-refractivity contribution in [3.05, 3.63) is 53.6 Å². The molecule has 1 heterocycles. The number of aromatic nitrogens is 2. The van der Waals surface area contributed by atoms with Crippen molar-refractivity contribution in [2.45, 2.75) is 6.92 Å². The van der Waals surface area contributed by atoms with E-state index in [9.17, 15) is 9.18 Å². The number of nitrogens with zero attached hydrogens (tertiary/aromatic N) is 2. The van der Waals surface area contributed by atoms with Crippen LogP contribution in [0.25, 0.3) is 10.9 Å². The molecule has 0 saturated heterocycles. The summed E-state index contributed by atoms with van der Waals surface area (Å²) in [6, 6.07) is 9.62. The molecule has 0 aliphatic heterocycles. The molecule has 0 atom stereocenters. The Morgan fingerprint density at radius 3 is 2.65 bits per heavy atom. The Hall–Kier alpha value is -2.73. The molecule has 7 heteroatoms. The Kier molecular flexibility index (Phi) is 4.08. The molecule has 3 rings (SSSR count). The zero-order valence-corrected chi connectivity index (χ0v) is 12.9. The Morgan fingerprint density at radius 1 is 1.13 bits per heavy atom. The molecule has 0 saturated carbocycles. The van der Waals surface area contributed by atoms with Crippen LogP contribution in [0.4, 0.5) is 21.6 Å². The van der Waals surface area contributed by atoms with E-state index >= 15 is 0 Å². The standard InChI is InChI=1S/C16H12ClFN4O/c1-9(23)21-10-3-5-15-12(6-10)16(20-8-19-15)22-11-2-4-14(18)13(17)7-11/h2-8H,1H3,(H,21,23)(H,19,20,22). The number of halogens is 2. The zero-order chi connectivity index (χ0) is 16.4. The SMILES string of the molecule is CC(=O)Nc1ccc2ncnc(Nc3ccc(F)c(Cl)c3)c2c1. The summed E-state index contributed by atoms with van der Waals surface area (Å²) in [4.78, 5) is 19.6. The maximum absolute atomic E-state index is 13.2. The first-order valence-corrected chi connectivity index (χ1v) is 7.15. The van der Waals surface area contributed by atoms with Crippen molar-refractivity contribution in [2.75, 3.05) is 10.6 Å². The first kappa shape index (κ1) is 15.2. The number of hydrogen-bond donors (Lipinski definition) is 2. The predicted molar refractivity (Wildman–Crippen MR) is 88.5 cm³/mol. The van der Waals surface area contributed by atoms with E-state index in [1.54, 1.807) is 24.3 Å². The molecule has 0 bridgehead atoms. The van der Waals surface area contributed by atoms with E-state index in [2.05, 4.69) is 20.6 Å². The summed E-state index contributed by atoms with van der Waals surface area (Å²) in [6.45, 7) is 1.44. The van der Waals surface area contributed by atoms with E-state index < -0.39 is 5.82 Å². The Balaban J connectivity index is 2.01. The smallest absolute Gasteiger partial charge is 0.221 e. The van der Waals surface area contributed by atoms with Gasteiger partial charge in [-0.15, -0.1) is 0 Å². The summed E-state index contributed by atoms with van der Waals surface area (Å²) in [6.07, 6.45) is 1.42. The topological polar surface area (TPSA) is 66.9 Å². The van der Waals surface area contributed by atoms with Crippen molar-refractivity contribution in [2.24, 2.45) is 0 Å². The molecule has 0 fully saturated rings. The summed E-state index contributed by atoms with van der Waals surface area (Å²) in [7, 11) is 0. The predicted octanol–water partition coefficient (Wildman–Crippen LogP) is 4.12. The highest BCUT2D eigenvalue weighted by Crippen LogP contribution is 2.27. The lowest BCUT2D eigenvalue weighted by atomic mass is 10.2. The van der Waals surface area contributed by atoms with Gasteiger partial charge in [-0.3, -0.25) is 4.79 Å². The molecule has 0 aliphatic rings. The van der Waals surface area contributed by atoms with Gasteiger partial charge in [0, 0.05) is 23.7 Å². The third-order valence-electron chi connectivity index (χ3n) is 3.14. The lowest BCUT2D eigenvalue weighted by molar-refractivity contribution is -0.114. The molecular formula is C16H12ClFN4O. The lowest BCUT2D eigenvalue weighted by Crippen LogP contribution is -2.05. The number of hydrogen-bond acceptors (Lipinski definition) is 4. The normalized spacial score (nSPS) is 10.6. The van der Waals surface area contributed by atoms with E-state index in [1.807, 2.05) is 0 Å². The van der Waals surface area contributed by atoms with E-state index in [1.165, 1.54) is 25.4 Å². The van der Waals surface area contributed by atoms with Gasteiger partial charge in [0.25, 0.3) is 0 Å². The van der Waals surface area contributed by atoms with Gasteiger partial charge in [-0.25, -0.2) is 14.4 Å². The number of anilines is 3. The quantitative estimate of drug-likeness (QED) is 0.758. The third-order valence-corrected chi connectivity index (χ3v) is 3.43. The fourth-order valence-corrected chi connectivity index (χ4v) is 2.33. The molecule has 1 aromatic heterocycles. The van der Waals surface area contributed by atoms with Crippen molar-refractivity contribution < 1.29 is 9.18 Å². The molecule has 116 valence electrons. The molecule has 0 radical (unpaired) electrons. The zero-order valence-electron chi connectivity index (χ0n) is 12.1. The summed E-state index contributed by atoms with van der Waals surface area (Å²) in [5.74, 6) is -0.122. The molecular weight excluding hydrogens is 319 g/mol. The van der Waals surface area contributed by atoms with Gasteiger partial charge in [0.15, 0.2) is 0 Å². The Morgan fingerprint density at radius 2 is 1.91 bits per heavy atom. The minimum Gasteiger partial charge on any atom is -0.340 e. The number of amides is 1. The third kappa shape index (κ3) is 3.37. The maximum Gasteiger partial charge on any atom is 0.221 e. The van der Waals surface area contributed by atoms with Crippen molar-refractivity contribution in [1.82, 2.24) is 9.97 Å². The maximum atomic E-state index is 13.2. The van der Waals surface area contributed by atoms with E-state index in [0.29, 0.717) is 22.7 Å². The number of benzene rings is 2. The summed E-state index contributed by atoms with van der Waals surface area (Å²) in [5.41, 5.74) is 1.95. The highest BCUT2D eigenvalue weighted by Gasteiger charge is 2.07. The molecule has 0 aliphatic carbocycles. The largest absolute Gasteiger partial charge is 0.340 e. The molecule has 2 aromatic carbocycles. The minimum atomic E-state index is -0.488. The van der Waals surface area contributed by atoms with Gasteiger partial charge in [-0.05, 0) is 36.4 Å². The average Bonchev–Trinajstić information content (AvgIpc) is 2.51. The highest BCUT2D eigenvalue weighted by atomic mass is 35.5. The van der Waals surface area contributed by atoms with Crippen LogP contribution in [0.2, 0.25) is 5.02 Å². The Labute approximate surface area is 136 Å². The van der Waals surface area contributed by atoms with Crippen LogP contribution in [0, 0.1) is 5.82 Å². The fraction of sp³-hybridized carbons (Fsp3) is 0.0625. The fourth-order valence-electron chi connectivity index (χ4n) is 2.15. The first-order valence-electron chi connectivity index (χ1n) is 6.77. The number of nitrogens with one attached hydrogen (secondary N) is 2. The molecule has 2 N–H and O–H groups in total. The molecule has 0 spiro atoms. The van der Waals surface area contributed by atoms with Crippen LogP contribution < -0.4 is 10.6 Å². The van der Waals surface area contributed by atoms with Crippen molar-refractivity contribution in [1.29, 1.82) is 0 Å². The van der Waals surface area contributed by atoms with Crippen LogP contribution in [-0.2, 0) is 4.79 Å². The van der Waals surface area contributed by atoms with Gasteiger partial charge in [-0.1, -0.05) is 11.6 Å². The molecule has 1 amide bonds. The van der Waals surface area contributed by atoms with Crippen LogP contribution in [0.1, 0.15) is 6.92 Å². The summed E-state index contributed by atoms with van der Waals surface area (Å²) >= 11 is 5.79. The van der Waals surface area contributed by atoms with Crippen LogP contribution in [-0.4, -0.2) is 15.9 Å². The second kappa shape index (κ2) is 6.18. The molecule has 0 unspecified atom stereocenters. The van der Waals surface area contributed by atoms with Gasteiger partial charge in [-0.2, -0.15) is 0 Å². The summed E-state index contributed by atoms with van der Waals surface area (Å²) in [5, 5.41) is 6.53. The van der Waals surface area contributed by atoms with E-state index in [-0.39, 0.29) is 10.9 Å². The molecule has 5 nitrogen and oxygen atoms in total. The second-order valence-electron chi connectivity index (χ2n) is 4.89. The van der Waals surface area contributed by atoms with E-state index in [0.717, 1.165) is 5.39 Å². The monoisotopic (exact) mass is 330 g/mol. The number of rotatable bonds is 3. The number of carbonyl (C=O) groups is 1. The van der Waals surface area contributed by atoms with Gasteiger partial charge < -0.3 is 10.6 Å². The molecule has 23 heavy (non-hydrogen) atoms. The van der Waals surface area contributed by atoms with Gasteiger partial charge in [0.05, 0.1) is 10.5 Å². The van der Waals surface area contributed by atoms with Crippen LogP contribution >= 0.6 is 11.6 Å². The van der Waals surface area contributed by atoms with E-state index in [4.69, 9.17) is 11.6 Å². The number of fused-ring (bicyclic) bond motifs is 1. The minimum absolute atomic E-state index is 0.0206. The number of carbonyl (C=O) groups excluding carboxylic acids is 1. The van der Waals surface area contributed by atoms with Gasteiger partial charge in [0.2, 0.25) is 5.91 Å². The second-order valence-corrected chi connectivity index (χ2v) is 5.30. The summed E-state index contributed by atoms with van der Waals surface area (Å²) < 4.78 is 13.2.